The van der Waals surface area contributed by atoms with Gasteiger partial charge in [0.1, 0.15) is 5.82 Å². The summed E-state index contributed by atoms with van der Waals surface area (Å²) in [6, 6.07) is 3.55. The summed E-state index contributed by atoms with van der Waals surface area (Å²) in [5.41, 5.74) is 3.44. The monoisotopic (exact) mass is 304 g/mol. The summed E-state index contributed by atoms with van der Waals surface area (Å²) in [4.78, 5) is 23.7. The molecule has 112 valence electrons. The van der Waals surface area contributed by atoms with Gasteiger partial charge in [-0.3, -0.25) is 4.79 Å². The lowest BCUT2D eigenvalue weighted by atomic mass is 10.2. The summed E-state index contributed by atoms with van der Waals surface area (Å²) in [5, 5.41) is 3.19. The maximum Gasteiger partial charge on any atom is 0.254 e. The molecule has 6 heteroatoms. The number of carbonyl (C=O) groups excluding carboxylic acids is 1. The largest absolute Gasteiger partial charge is 0.370 e. The van der Waals surface area contributed by atoms with E-state index in [1.165, 1.54) is 0 Å². The lowest BCUT2D eigenvalue weighted by Gasteiger charge is -2.17. The van der Waals surface area contributed by atoms with E-state index in [4.69, 9.17) is 0 Å². The molecule has 0 aliphatic heterocycles. The number of nitrogens with zero attached hydrogens (tertiary/aromatic N) is 3. The first-order valence-corrected chi connectivity index (χ1v) is 7.84. The average molecular weight is 304 g/mol. The number of hydrogen-bond acceptors (Lipinski definition) is 5. The number of pyridine rings is 1. The first kappa shape index (κ1) is 15.4. The van der Waals surface area contributed by atoms with Gasteiger partial charge in [0.15, 0.2) is 0 Å². The van der Waals surface area contributed by atoms with Crippen molar-refractivity contribution in [2.75, 3.05) is 18.9 Å². The van der Waals surface area contributed by atoms with Crippen molar-refractivity contribution < 1.29 is 4.79 Å². The Hall–Kier alpha value is -1.95. The zero-order valence-corrected chi connectivity index (χ0v) is 13.4. The number of hydrogen-bond donors (Lipinski definition) is 1. The van der Waals surface area contributed by atoms with E-state index in [9.17, 15) is 4.79 Å². The first-order valence-electron chi connectivity index (χ1n) is 6.96. The van der Waals surface area contributed by atoms with Crippen molar-refractivity contribution in [3.8, 4) is 0 Å². The Morgan fingerprint density at radius 3 is 2.90 bits per heavy atom. The standard InChI is InChI=1S/C15H20N4OS/c1-4-6-16-14-8-12(5-7-17-14)15(20)19(3)9-13-11(2)18-10-21-13/h5,7-8,10H,4,6,9H2,1-3H3,(H,16,17). The van der Waals surface area contributed by atoms with Crippen LogP contribution < -0.4 is 5.32 Å². The van der Waals surface area contributed by atoms with Crippen LogP contribution in [0.15, 0.2) is 23.8 Å². The van der Waals surface area contributed by atoms with Crippen molar-refractivity contribution in [2.45, 2.75) is 26.8 Å². The number of nitrogens with one attached hydrogen (secondary N) is 1. The van der Waals surface area contributed by atoms with Crippen molar-refractivity contribution in [3.63, 3.8) is 0 Å². The molecule has 0 radical (unpaired) electrons. The van der Waals surface area contributed by atoms with Crippen molar-refractivity contribution in [1.29, 1.82) is 0 Å². The molecule has 1 N–H and O–H groups in total. The molecule has 0 aromatic carbocycles. The Kier molecular flexibility index (Phi) is 5.27. The van der Waals surface area contributed by atoms with Crippen LogP contribution in [0.25, 0.3) is 0 Å². The zero-order valence-electron chi connectivity index (χ0n) is 12.6. The highest BCUT2D eigenvalue weighted by Crippen LogP contribution is 2.16. The van der Waals surface area contributed by atoms with Crippen LogP contribution in [0.4, 0.5) is 5.82 Å². The van der Waals surface area contributed by atoms with Gasteiger partial charge < -0.3 is 10.2 Å². The van der Waals surface area contributed by atoms with Crippen molar-refractivity contribution in [3.05, 3.63) is 40.0 Å². The van der Waals surface area contributed by atoms with E-state index in [0.29, 0.717) is 12.1 Å². The van der Waals surface area contributed by atoms with Crippen LogP contribution >= 0.6 is 11.3 Å². The number of aryl methyl sites for hydroxylation is 1. The Bertz CT molecular complexity index is 611. The van der Waals surface area contributed by atoms with Gasteiger partial charge in [0.2, 0.25) is 0 Å². The topological polar surface area (TPSA) is 58.1 Å². The van der Waals surface area contributed by atoms with Crippen molar-refractivity contribution in [1.82, 2.24) is 14.9 Å². The fourth-order valence-electron chi connectivity index (χ4n) is 1.90. The maximum atomic E-state index is 12.5. The Balaban J connectivity index is 2.06. The molecule has 0 unspecified atom stereocenters. The summed E-state index contributed by atoms with van der Waals surface area (Å²) in [5.74, 6) is 0.731. The van der Waals surface area contributed by atoms with Crippen LogP contribution in [0.2, 0.25) is 0 Å². The van der Waals surface area contributed by atoms with E-state index in [1.54, 1.807) is 41.6 Å². The summed E-state index contributed by atoms with van der Waals surface area (Å²) >= 11 is 1.58. The SMILES string of the molecule is CCCNc1cc(C(=O)N(C)Cc2scnc2C)ccn1. The smallest absolute Gasteiger partial charge is 0.254 e. The minimum Gasteiger partial charge on any atom is -0.370 e. The fourth-order valence-corrected chi connectivity index (χ4v) is 2.73. The maximum absolute atomic E-state index is 12.5. The van der Waals surface area contributed by atoms with Crippen molar-refractivity contribution >= 4 is 23.1 Å². The van der Waals surface area contributed by atoms with E-state index in [0.717, 1.165) is 29.4 Å². The van der Waals surface area contributed by atoms with Crippen LogP contribution in [0.5, 0.6) is 0 Å². The molecule has 1 amide bonds. The number of aromatic nitrogens is 2. The zero-order chi connectivity index (χ0) is 15.2. The van der Waals surface area contributed by atoms with E-state index >= 15 is 0 Å². The lowest BCUT2D eigenvalue weighted by Crippen LogP contribution is -2.26. The molecule has 0 fully saturated rings. The summed E-state index contributed by atoms with van der Waals surface area (Å²) in [6.45, 7) is 5.48. The van der Waals surface area contributed by atoms with Gasteiger partial charge >= 0.3 is 0 Å². The second-order valence-electron chi connectivity index (χ2n) is 4.88. The molecule has 0 aliphatic rings. The Labute approximate surface area is 129 Å². The van der Waals surface area contributed by atoms with Crippen LogP contribution in [0.3, 0.4) is 0 Å². The number of carbonyl (C=O) groups is 1. The molecule has 0 atom stereocenters. The molecule has 2 aromatic rings. The number of anilines is 1. The molecule has 0 aliphatic carbocycles. The third kappa shape index (κ3) is 4.01. The minimum absolute atomic E-state index is 0.00949. The van der Waals surface area contributed by atoms with Gasteiger partial charge in [-0.1, -0.05) is 6.92 Å². The van der Waals surface area contributed by atoms with Crippen LogP contribution in [0, 0.1) is 6.92 Å². The van der Waals surface area contributed by atoms with Gasteiger partial charge in [-0.2, -0.15) is 0 Å². The highest BCUT2D eigenvalue weighted by molar-refractivity contribution is 7.09. The van der Waals surface area contributed by atoms with Crippen LogP contribution in [0.1, 0.15) is 34.3 Å². The van der Waals surface area contributed by atoms with Gasteiger partial charge in [0, 0.05) is 30.2 Å². The quantitative estimate of drug-likeness (QED) is 0.891. The Morgan fingerprint density at radius 2 is 2.24 bits per heavy atom. The Morgan fingerprint density at radius 1 is 1.43 bits per heavy atom. The summed E-state index contributed by atoms with van der Waals surface area (Å²) in [6.07, 6.45) is 2.68. The molecule has 0 spiro atoms. The number of rotatable bonds is 6. The van der Waals surface area contributed by atoms with Gasteiger partial charge in [0.25, 0.3) is 5.91 Å². The van der Waals surface area contributed by atoms with E-state index in [-0.39, 0.29) is 5.91 Å². The molecular formula is C15H20N4OS. The molecule has 0 saturated heterocycles. The number of thiazole rings is 1. The molecule has 0 saturated carbocycles. The normalized spacial score (nSPS) is 10.4. The third-order valence-corrected chi connectivity index (χ3v) is 4.06. The van der Waals surface area contributed by atoms with Gasteiger partial charge in [-0.25, -0.2) is 9.97 Å². The fraction of sp³-hybridized carbons (Fsp3) is 0.400. The highest BCUT2D eigenvalue weighted by Gasteiger charge is 2.14. The predicted molar refractivity (Wildman–Crippen MR) is 85.7 cm³/mol. The van der Waals surface area contributed by atoms with Crippen LogP contribution in [-0.2, 0) is 6.54 Å². The van der Waals surface area contributed by atoms with Crippen LogP contribution in [-0.4, -0.2) is 34.4 Å². The predicted octanol–water partition coefficient (Wildman–Crippen LogP) is 2.94. The van der Waals surface area contributed by atoms with E-state index in [1.807, 2.05) is 12.4 Å². The molecule has 5 nitrogen and oxygen atoms in total. The van der Waals surface area contributed by atoms with E-state index < -0.39 is 0 Å². The number of amides is 1. The summed E-state index contributed by atoms with van der Waals surface area (Å²) in [7, 11) is 1.81. The molecule has 21 heavy (non-hydrogen) atoms. The average Bonchev–Trinajstić information content (AvgIpc) is 2.90. The molecule has 2 heterocycles. The third-order valence-electron chi connectivity index (χ3n) is 3.14. The molecule has 2 rings (SSSR count). The lowest BCUT2D eigenvalue weighted by molar-refractivity contribution is 0.0786. The van der Waals surface area contributed by atoms with Gasteiger partial charge in [-0.15, -0.1) is 11.3 Å². The molecule has 0 bridgehead atoms. The first-order chi connectivity index (χ1) is 10.1. The second kappa shape index (κ2) is 7.17. The molecule has 2 aromatic heterocycles. The summed E-state index contributed by atoms with van der Waals surface area (Å²) < 4.78 is 0. The minimum atomic E-state index is -0.00949. The molecular weight excluding hydrogens is 284 g/mol. The van der Waals surface area contributed by atoms with Gasteiger partial charge in [0.05, 0.1) is 17.7 Å². The van der Waals surface area contributed by atoms with E-state index in [2.05, 4.69) is 22.2 Å². The highest BCUT2D eigenvalue weighted by atomic mass is 32.1. The van der Waals surface area contributed by atoms with Gasteiger partial charge in [-0.05, 0) is 25.5 Å². The second-order valence-corrected chi connectivity index (χ2v) is 5.82. The van der Waals surface area contributed by atoms with Crippen molar-refractivity contribution in [2.24, 2.45) is 0 Å².